The lowest BCUT2D eigenvalue weighted by atomic mass is 10.1. The van der Waals surface area contributed by atoms with Crippen molar-refractivity contribution in [3.63, 3.8) is 0 Å². The van der Waals surface area contributed by atoms with E-state index in [9.17, 15) is 4.79 Å². The number of hydrogen-bond donors (Lipinski definition) is 1. The van der Waals surface area contributed by atoms with Gasteiger partial charge in [-0.3, -0.25) is 4.79 Å². The Bertz CT molecular complexity index is 1200. The molecule has 0 atom stereocenters. The zero-order valence-corrected chi connectivity index (χ0v) is 20.5. The van der Waals surface area contributed by atoms with E-state index in [2.05, 4.69) is 31.3 Å². The van der Waals surface area contributed by atoms with Crippen molar-refractivity contribution >= 4 is 22.9 Å². The third-order valence-electron chi connectivity index (χ3n) is 5.62. The Kier molecular flexibility index (Phi) is 8.10. The van der Waals surface area contributed by atoms with E-state index in [0.29, 0.717) is 12.2 Å². The molecule has 1 N–H and O–H groups in total. The van der Waals surface area contributed by atoms with Crippen LogP contribution in [0.25, 0.3) is 21.8 Å². The number of aromatic nitrogens is 1. The summed E-state index contributed by atoms with van der Waals surface area (Å²) in [5, 5.41) is 3.98. The van der Waals surface area contributed by atoms with E-state index in [1.165, 1.54) is 24.1 Å². The number of hydrogen-bond acceptors (Lipinski definition) is 4. The molecule has 0 aliphatic carbocycles. The summed E-state index contributed by atoms with van der Waals surface area (Å²) in [4.78, 5) is 18.7. The molecule has 0 aliphatic rings. The second-order valence-electron chi connectivity index (χ2n) is 8.25. The van der Waals surface area contributed by atoms with Crippen molar-refractivity contribution in [2.75, 3.05) is 11.9 Å². The Hall–Kier alpha value is -3.44. The molecule has 0 saturated carbocycles. The van der Waals surface area contributed by atoms with Gasteiger partial charge in [0.2, 0.25) is 0 Å². The highest BCUT2D eigenvalue weighted by Crippen LogP contribution is 2.33. The number of unbranched alkanes of at least 4 members (excludes halogenated alkanes) is 3. The number of carbonyl (C=O) groups excluding carboxylic acids is 1. The minimum absolute atomic E-state index is 0.140. The molecule has 1 heterocycles. The molecule has 5 heteroatoms. The number of ether oxygens (including phenoxy) is 1. The van der Waals surface area contributed by atoms with Crippen molar-refractivity contribution in [3.8, 4) is 27.6 Å². The zero-order valence-electron chi connectivity index (χ0n) is 19.7. The van der Waals surface area contributed by atoms with E-state index in [0.717, 1.165) is 39.7 Å². The lowest BCUT2D eigenvalue weighted by Crippen LogP contribution is -2.11. The molecule has 0 radical (unpaired) electrons. The Labute approximate surface area is 205 Å². The maximum atomic E-state index is 12.7. The summed E-state index contributed by atoms with van der Waals surface area (Å²) in [6, 6.07) is 25.4. The lowest BCUT2D eigenvalue weighted by molar-refractivity contribution is 0.102. The van der Waals surface area contributed by atoms with Crippen LogP contribution in [0.3, 0.4) is 0 Å². The molecule has 4 rings (SSSR count). The number of carbonyl (C=O) groups is 1. The molecule has 3 aromatic carbocycles. The summed E-state index contributed by atoms with van der Waals surface area (Å²) in [7, 11) is 0. The van der Waals surface area contributed by atoms with Crippen molar-refractivity contribution < 1.29 is 9.53 Å². The highest BCUT2D eigenvalue weighted by atomic mass is 32.1. The van der Waals surface area contributed by atoms with E-state index in [4.69, 9.17) is 9.72 Å². The summed E-state index contributed by atoms with van der Waals surface area (Å²) in [6.45, 7) is 5.00. The highest BCUT2D eigenvalue weighted by Gasteiger charge is 2.12. The first kappa shape index (κ1) is 23.7. The normalized spacial score (nSPS) is 10.8. The molecule has 0 unspecified atom stereocenters. The van der Waals surface area contributed by atoms with Gasteiger partial charge in [-0.05, 0) is 49.7 Å². The quantitative estimate of drug-likeness (QED) is 0.239. The van der Waals surface area contributed by atoms with E-state index in [1.807, 2.05) is 54.6 Å². The van der Waals surface area contributed by atoms with Gasteiger partial charge in [-0.1, -0.05) is 68.7 Å². The van der Waals surface area contributed by atoms with Crippen LogP contribution in [-0.2, 0) is 0 Å². The summed E-state index contributed by atoms with van der Waals surface area (Å²) >= 11 is 1.69. The number of nitrogens with one attached hydrogen (secondary N) is 1. The number of anilines is 1. The van der Waals surface area contributed by atoms with Crippen molar-refractivity contribution in [1.29, 1.82) is 0 Å². The SMILES string of the molecule is CCCCCCOc1ccc(C(=O)Nc2ccc(-c3nc(-c4ccccc4)sc3C)cc2)cc1. The summed E-state index contributed by atoms with van der Waals surface area (Å²) in [5.41, 5.74) is 4.49. The van der Waals surface area contributed by atoms with Crippen molar-refractivity contribution in [1.82, 2.24) is 4.98 Å². The Morgan fingerprint density at radius 3 is 2.32 bits per heavy atom. The van der Waals surface area contributed by atoms with Crippen LogP contribution in [0.1, 0.15) is 47.8 Å². The smallest absolute Gasteiger partial charge is 0.255 e. The average Bonchev–Trinajstić information content (AvgIpc) is 3.27. The van der Waals surface area contributed by atoms with Crippen LogP contribution < -0.4 is 10.1 Å². The van der Waals surface area contributed by atoms with Crippen LogP contribution in [0.15, 0.2) is 78.9 Å². The molecule has 174 valence electrons. The molecule has 34 heavy (non-hydrogen) atoms. The van der Waals surface area contributed by atoms with E-state index < -0.39 is 0 Å². The third-order valence-corrected chi connectivity index (χ3v) is 6.64. The van der Waals surface area contributed by atoms with Gasteiger partial charge < -0.3 is 10.1 Å². The average molecular weight is 471 g/mol. The fourth-order valence-corrected chi connectivity index (χ4v) is 4.65. The molecule has 0 saturated heterocycles. The number of nitrogens with zero attached hydrogens (tertiary/aromatic N) is 1. The minimum atomic E-state index is -0.140. The molecule has 0 fully saturated rings. The molecule has 0 aliphatic heterocycles. The first-order valence-corrected chi connectivity index (χ1v) is 12.6. The largest absolute Gasteiger partial charge is 0.494 e. The van der Waals surface area contributed by atoms with E-state index in [1.54, 1.807) is 23.5 Å². The number of thiazole rings is 1. The van der Waals surface area contributed by atoms with Gasteiger partial charge in [0, 0.05) is 27.3 Å². The van der Waals surface area contributed by atoms with Gasteiger partial charge >= 0.3 is 0 Å². The maximum Gasteiger partial charge on any atom is 0.255 e. The topological polar surface area (TPSA) is 51.2 Å². The van der Waals surface area contributed by atoms with Crippen LogP contribution in [-0.4, -0.2) is 17.5 Å². The fraction of sp³-hybridized carbons (Fsp3) is 0.241. The predicted octanol–water partition coefficient (Wildman–Crippen LogP) is 8.00. The zero-order chi connectivity index (χ0) is 23.8. The molecule has 4 nitrogen and oxygen atoms in total. The molecule has 1 aromatic heterocycles. The number of amides is 1. The van der Waals surface area contributed by atoms with Crippen molar-refractivity contribution in [3.05, 3.63) is 89.3 Å². The lowest BCUT2D eigenvalue weighted by Gasteiger charge is -2.08. The van der Waals surface area contributed by atoms with Gasteiger partial charge in [-0.15, -0.1) is 11.3 Å². The molecule has 4 aromatic rings. The summed E-state index contributed by atoms with van der Waals surface area (Å²) in [6.07, 6.45) is 4.69. The number of rotatable bonds is 10. The van der Waals surface area contributed by atoms with Crippen LogP contribution >= 0.6 is 11.3 Å². The highest BCUT2D eigenvalue weighted by molar-refractivity contribution is 7.15. The monoisotopic (exact) mass is 470 g/mol. The van der Waals surface area contributed by atoms with Gasteiger partial charge in [0.15, 0.2) is 0 Å². The molecule has 0 bridgehead atoms. The third kappa shape index (κ3) is 6.12. The van der Waals surface area contributed by atoms with Gasteiger partial charge in [-0.2, -0.15) is 0 Å². The maximum absolute atomic E-state index is 12.7. The van der Waals surface area contributed by atoms with Gasteiger partial charge in [0.05, 0.1) is 12.3 Å². The van der Waals surface area contributed by atoms with Crippen molar-refractivity contribution in [2.45, 2.75) is 39.5 Å². The van der Waals surface area contributed by atoms with Crippen LogP contribution in [0, 0.1) is 6.92 Å². The fourth-order valence-electron chi connectivity index (χ4n) is 3.70. The van der Waals surface area contributed by atoms with Gasteiger partial charge in [0.1, 0.15) is 10.8 Å². The molecule has 1 amide bonds. The standard InChI is InChI=1S/C29H30N2O2S/c1-3-4-5-9-20-33-26-18-14-23(15-19-26)28(32)30-25-16-12-22(13-17-25)27-21(2)34-29(31-27)24-10-7-6-8-11-24/h6-8,10-19H,3-5,9,20H2,1-2H3,(H,30,32). The number of aryl methyl sites for hydroxylation is 1. The minimum Gasteiger partial charge on any atom is -0.494 e. The molecular weight excluding hydrogens is 440 g/mol. The van der Waals surface area contributed by atoms with Gasteiger partial charge in [0.25, 0.3) is 5.91 Å². The van der Waals surface area contributed by atoms with E-state index in [-0.39, 0.29) is 5.91 Å². The Balaban J connectivity index is 1.36. The van der Waals surface area contributed by atoms with Gasteiger partial charge in [-0.25, -0.2) is 4.98 Å². The van der Waals surface area contributed by atoms with E-state index >= 15 is 0 Å². The first-order valence-electron chi connectivity index (χ1n) is 11.8. The van der Waals surface area contributed by atoms with Crippen LogP contribution in [0.2, 0.25) is 0 Å². The second kappa shape index (κ2) is 11.6. The summed E-state index contributed by atoms with van der Waals surface area (Å²) < 4.78 is 5.76. The Morgan fingerprint density at radius 2 is 1.62 bits per heavy atom. The Morgan fingerprint density at radius 1 is 0.882 bits per heavy atom. The van der Waals surface area contributed by atoms with Crippen molar-refractivity contribution in [2.24, 2.45) is 0 Å². The van der Waals surface area contributed by atoms with Crippen LogP contribution in [0.4, 0.5) is 5.69 Å². The first-order chi connectivity index (χ1) is 16.6. The second-order valence-corrected chi connectivity index (χ2v) is 9.46. The predicted molar refractivity (Wildman–Crippen MR) is 142 cm³/mol. The summed E-state index contributed by atoms with van der Waals surface area (Å²) in [5.74, 6) is 0.657. The van der Waals surface area contributed by atoms with Crippen LogP contribution in [0.5, 0.6) is 5.75 Å². The molecular formula is C29H30N2O2S. The molecule has 0 spiro atoms. The number of benzene rings is 3.